The molecule has 0 aliphatic rings. The highest BCUT2D eigenvalue weighted by atomic mass is 127. The summed E-state index contributed by atoms with van der Waals surface area (Å²) in [7, 11) is 4.26. The number of guanidine groups is 1. The molecule has 0 radical (unpaired) electrons. The van der Waals surface area contributed by atoms with Crippen molar-refractivity contribution in [2.24, 2.45) is 4.99 Å². The van der Waals surface area contributed by atoms with E-state index in [-0.39, 0.29) is 24.0 Å². The molecule has 0 spiro atoms. The Labute approximate surface area is 181 Å². The third-order valence-corrected chi connectivity index (χ3v) is 4.10. The van der Waals surface area contributed by atoms with Crippen molar-refractivity contribution < 1.29 is 0 Å². The number of aromatic nitrogens is 1. The summed E-state index contributed by atoms with van der Waals surface area (Å²) in [6.07, 6.45) is 9.05. The number of hydrogen-bond donors (Lipinski definition) is 2. The van der Waals surface area contributed by atoms with Gasteiger partial charge in [0.1, 0.15) is 5.15 Å². The summed E-state index contributed by atoms with van der Waals surface area (Å²) >= 11 is 5.80. The second-order valence-electron chi connectivity index (χ2n) is 6.50. The molecule has 0 bridgehead atoms. The topological polar surface area (TPSA) is 52.6 Å². The summed E-state index contributed by atoms with van der Waals surface area (Å²) < 4.78 is 0. The lowest BCUT2D eigenvalue weighted by Crippen LogP contribution is -2.38. The highest BCUT2D eigenvalue weighted by Gasteiger charge is 1.99. The van der Waals surface area contributed by atoms with Gasteiger partial charge < -0.3 is 15.5 Å². The van der Waals surface area contributed by atoms with Crippen LogP contribution in [0.25, 0.3) is 0 Å². The minimum Gasteiger partial charge on any atom is -0.357 e. The van der Waals surface area contributed by atoms with Gasteiger partial charge in [0.2, 0.25) is 0 Å². The van der Waals surface area contributed by atoms with E-state index in [0.29, 0.717) is 5.15 Å². The molecule has 0 aliphatic carbocycles. The van der Waals surface area contributed by atoms with E-state index >= 15 is 0 Å². The molecule has 1 aromatic rings. The number of pyridine rings is 1. The van der Waals surface area contributed by atoms with Crippen LogP contribution in [0.5, 0.6) is 0 Å². The van der Waals surface area contributed by atoms with E-state index in [0.717, 1.165) is 38.4 Å². The predicted molar refractivity (Wildman–Crippen MR) is 124 cm³/mol. The molecule has 5 nitrogen and oxygen atoms in total. The largest absolute Gasteiger partial charge is 0.357 e. The molecular formula is C19H35ClIN5. The van der Waals surface area contributed by atoms with E-state index in [1.54, 1.807) is 0 Å². The molecule has 0 saturated heterocycles. The van der Waals surface area contributed by atoms with Crippen molar-refractivity contribution >= 4 is 41.5 Å². The third-order valence-electron chi connectivity index (χ3n) is 3.87. The Bertz CT molecular complexity index is 479. The quantitative estimate of drug-likeness (QED) is 0.151. The van der Waals surface area contributed by atoms with Crippen molar-refractivity contribution in [2.45, 2.75) is 45.4 Å². The summed E-state index contributed by atoms with van der Waals surface area (Å²) in [4.78, 5) is 11.0. The summed E-state index contributed by atoms with van der Waals surface area (Å²) in [5.74, 6) is 0.900. The molecule has 1 rings (SSSR count). The zero-order chi connectivity index (χ0) is 18.3. The number of rotatable bonds is 12. The first kappa shape index (κ1) is 25.4. The fraction of sp³-hybridized carbons (Fsp3) is 0.684. The molecule has 0 atom stereocenters. The van der Waals surface area contributed by atoms with Crippen molar-refractivity contribution in [3.05, 3.63) is 29.0 Å². The van der Waals surface area contributed by atoms with Crippen molar-refractivity contribution in [1.29, 1.82) is 0 Å². The first-order valence-corrected chi connectivity index (χ1v) is 9.77. The van der Waals surface area contributed by atoms with E-state index in [1.807, 2.05) is 18.3 Å². The van der Waals surface area contributed by atoms with E-state index in [4.69, 9.17) is 11.6 Å². The molecule has 1 aromatic heterocycles. The van der Waals surface area contributed by atoms with Gasteiger partial charge in [-0.05, 0) is 58.5 Å². The van der Waals surface area contributed by atoms with Gasteiger partial charge in [0, 0.05) is 25.8 Å². The van der Waals surface area contributed by atoms with E-state index in [9.17, 15) is 0 Å². The fourth-order valence-electron chi connectivity index (χ4n) is 2.48. The van der Waals surface area contributed by atoms with Gasteiger partial charge in [0.05, 0.1) is 0 Å². The number of aliphatic imine (C=N–C) groups is 1. The lowest BCUT2D eigenvalue weighted by Gasteiger charge is -2.11. The summed E-state index contributed by atoms with van der Waals surface area (Å²) in [5.41, 5.74) is 1.17. The van der Waals surface area contributed by atoms with Crippen molar-refractivity contribution in [2.75, 3.05) is 40.3 Å². The van der Waals surface area contributed by atoms with Crippen molar-refractivity contribution in [3.8, 4) is 0 Å². The fourth-order valence-corrected chi connectivity index (χ4v) is 2.59. The van der Waals surface area contributed by atoms with Gasteiger partial charge in [0.25, 0.3) is 0 Å². The van der Waals surface area contributed by atoms with Crippen LogP contribution in [0, 0.1) is 0 Å². The highest BCUT2D eigenvalue weighted by Crippen LogP contribution is 2.05. The van der Waals surface area contributed by atoms with Crippen LogP contribution in [0.1, 0.15) is 44.6 Å². The molecule has 7 heteroatoms. The van der Waals surface area contributed by atoms with Crippen LogP contribution in [-0.4, -0.2) is 56.1 Å². The lowest BCUT2D eigenvalue weighted by atomic mass is 10.1. The molecule has 0 aromatic carbocycles. The van der Waals surface area contributed by atoms with Crippen LogP contribution in [0.2, 0.25) is 5.15 Å². The normalized spacial score (nSPS) is 11.3. The zero-order valence-corrected chi connectivity index (χ0v) is 19.5. The average molecular weight is 496 g/mol. The Hall–Kier alpha value is -0.600. The number of hydrogen-bond acceptors (Lipinski definition) is 3. The number of halogens is 2. The average Bonchev–Trinajstić information content (AvgIpc) is 2.58. The van der Waals surface area contributed by atoms with Gasteiger partial charge in [-0.2, -0.15) is 0 Å². The summed E-state index contributed by atoms with van der Waals surface area (Å²) in [6.45, 7) is 5.87. The van der Waals surface area contributed by atoms with Crippen molar-refractivity contribution in [3.63, 3.8) is 0 Å². The second kappa shape index (κ2) is 16.6. The number of nitrogens with one attached hydrogen (secondary N) is 2. The highest BCUT2D eigenvalue weighted by molar-refractivity contribution is 14.0. The Kier molecular flexibility index (Phi) is 16.2. The van der Waals surface area contributed by atoms with E-state index < -0.39 is 0 Å². The van der Waals surface area contributed by atoms with Crippen LogP contribution in [0.15, 0.2) is 23.3 Å². The first-order chi connectivity index (χ1) is 12.1. The molecule has 1 heterocycles. The van der Waals surface area contributed by atoms with Crippen LogP contribution < -0.4 is 10.6 Å². The minimum absolute atomic E-state index is 0. The molecule has 2 N–H and O–H groups in total. The van der Waals surface area contributed by atoms with Gasteiger partial charge in [-0.15, -0.1) is 24.0 Å². The standard InChI is InChI=1S/C19H34ClN5.HI/c1-4-21-19(22-13-8-6-5-7-9-15-25(2)3)23-14-12-17-10-11-18(20)24-16-17;/h10-11,16H,4-9,12-15H2,1-3H3,(H2,21,22,23);1H. The van der Waals surface area contributed by atoms with Crippen LogP contribution in [-0.2, 0) is 6.42 Å². The predicted octanol–water partition coefficient (Wildman–Crippen LogP) is 3.96. The van der Waals surface area contributed by atoms with Crippen LogP contribution in [0.3, 0.4) is 0 Å². The summed E-state index contributed by atoms with van der Waals surface area (Å²) in [5, 5.41) is 7.21. The summed E-state index contributed by atoms with van der Waals surface area (Å²) in [6, 6.07) is 3.84. The Morgan fingerprint density at radius 3 is 2.50 bits per heavy atom. The van der Waals surface area contributed by atoms with Crippen LogP contribution >= 0.6 is 35.6 Å². The molecule has 0 saturated carbocycles. The maximum absolute atomic E-state index is 5.80. The zero-order valence-electron chi connectivity index (χ0n) is 16.4. The number of unbranched alkanes of at least 4 members (excludes halogenated alkanes) is 4. The lowest BCUT2D eigenvalue weighted by molar-refractivity contribution is 0.390. The van der Waals surface area contributed by atoms with Gasteiger partial charge >= 0.3 is 0 Å². The molecule has 150 valence electrons. The molecule has 0 amide bonds. The van der Waals surface area contributed by atoms with E-state index in [1.165, 1.54) is 37.8 Å². The molecular weight excluding hydrogens is 461 g/mol. The number of nitrogens with zero attached hydrogens (tertiary/aromatic N) is 3. The van der Waals surface area contributed by atoms with Gasteiger partial charge in [-0.1, -0.05) is 36.9 Å². The monoisotopic (exact) mass is 495 g/mol. The van der Waals surface area contributed by atoms with Crippen LogP contribution in [0.4, 0.5) is 0 Å². The third kappa shape index (κ3) is 13.6. The Balaban J connectivity index is 0.00000625. The minimum atomic E-state index is 0. The SMILES string of the molecule is CCNC(=NCCCCCCCN(C)C)NCCc1ccc(Cl)nc1.I. The molecule has 0 fully saturated rings. The molecule has 0 unspecified atom stereocenters. The van der Waals surface area contributed by atoms with E-state index in [2.05, 4.69) is 46.5 Å². The Morgan fingerprint density at radius 2 is 1.85 bits per heavy atom. The van der Waals surface area contributed by atoms with Crippen molar-refractivity contribution in [1.82, 2.24) is 20.5 Å². The smallest absolute Gasteiger partial charge is 0.191 e. The van der Waals surface area contributed by atoms with Gasteiger partial charge in [-0.25, -0.2) is 4.98 Å². The Morgan fingerprint density at radius 1 is 1.12 bits per heavy atom. The van der Waals surface area contributed by atoms with Gasteiger partial charge in [0.15, 0.2) is 5.96 Å². The maximum atomic E-state index is 5.80. The van der Waals surface area contributed by atoms with Gasteiger partial charge in [-0.3, -0.25) is 4.99 Å². The first-order valence-electron chi connectivity index (χ1n) is 9.39. The molecule has 0 aliphatic heterocycles. The molecule has 26 heavy (non-hydrogen) atoms. The maximum Gasteiger partial charge on any atom is 0.191 e. The second-order valence-corrected chi connectivity index (χ2v) is 6.88.